The first-order valence-electron chi connectivity index (χ1n) is 6.14. The summed E-state index contributed by atoms with van der Waals surface area (Å²) in [6.07, 6.45) is 1.81. The van der Waals surface area contributed by atoms with Crippen molar-refractivity contribution < 1.29 is 0 Å². The maximum absolute atomic E-state index is 5.98. The minimum Gasteiger partial charge on any atom is -0.355 e. The van der Waals surface area contributed by atoms with Crippen LogP contribution in [0.1, 0.15) is 24.1 Å². The Balaban J connectivity index is 2.21. The lowest BCUT2D eigenvalue weighted by Crippen LogP contribution is -2.21. The van der Waals surface area contributed by atoms with Gasteiger partial charge in [-0.3, -0.25) is 0 Å². The molecule has 1 unspecified atom stereocenters. The summed E-state index contributed by atoms with van der Waals surface area (Å²) >= 11 is 0. The second kappa shape index (κ2) is 5.65. The van der Waals surface area contributed by atoms with Gasteiger partial charge in [-0.25, -0.2) is 4.98 Å². The van der Waals surface area contributed by atoms with Gasteiger partial charge < -0.3 is 10.6 Å². The van der Waals surface area contributed by atoms with Gasteiger partial charge in [0.05, 0.1) is 0 Å². The first-order chi connectivity index (χ1) is 8.68. The molecule has 0 bridgehead atoms. The molecule has 18 heavy (non-hydrogen) atoms. The maximum Gasteiger partial charge on any atom is 0.133 e. The van der Waals surface area contributed by atoms with Crippen molar-refractivity contribution in [3.05, 3.63) is 59.8 Å². The summed E-state index contributed by atoms with van der Waals surface area (Å²) in [5.74, 6) is 0.955. The molecule has 1 aromatic carbocycles. The third-order valence-electron chi connectivity index (χ3n) is 2.93. The molecule has 2 N–H and O–H groups in total. The molecule has 1 atom stereocenters. The molecule has 0 aliphatic heterocycles. The zero-order valence-electron chi connectivity index (χ0n) is 10.9. The summed E-state index contributed by atoms with van der Waals surface area (Å²) in [6.45, 7) is 2.81. The van der Waals surface area contributed by atoms with Crippen LogP contribution in [-0.4, -0.2) is 12.0 Å². The fraction of sp³-hybridized carbons (Fsp3) is 0.267. The van der Waals surface area contributed by atoms with E-state index in [0.29, 0.717) is 0 Å². The van der Waals surface area contributed by atoms with Crippen molar-refractivity contribution >= 4 is 5.82 Å². The molecule has 1 heterocycles. The Hall–Kier alpha value is -1.87. The van der Waals surface area contributed by atoms with Crippen molar-refractivity contribution in [2.45, 2.75) is 19.5 Å². The summed E-state index contributed by atoms with van der Waals surface area (Å²) in [6, 6.07) is 14.3. The lowest BCUT2D eigenvalue weighted by atomic mass is 10.1. The van der Waals surface area contributed by atoms with E-state index in [1.807, 2.05) is 50.5 Å². The molecular formula is C15H19N3. The maximum atomic E-state index is 5.98. The first kappa shape index (κ1) is 12.6. The third-order valence-corrected chi connectivity index (χ3v) is 2.93. The van der Waals surface area contributed by atoms with Crippen LogP contribution >= 0.6 is 0 Å². The van der Waals surface area contributed by atoms with Crippen molar-refractivity contribution in [1.29, 1.82) is 0 Å². The molecule has 0 saturated heterocycles. The lowest BCUT2D eigenvalue weighted by Gasteiger charge is -2.22. The van der Waals surface area contributed by atoms with Crippen molar-refractivity contribution in [2.75, 3.05) is 11.9 Å². The number of hydrogen-bond acceptors (Lipinski definition) is 3. The molecule has 3 nitrogen and oxygen atoms in total. The summed E-state index contributed by atoms with van der Waals surface area (Å²) in [7, 11) is 2.04. The monoisotopic (exact) mass is 241 g/mol. The Bertz CT molecular complexity index is 494. The van der Waals surface area contributed by atoms with E-state index in [1.54, 1.807) is 0 Å². The molecule has 0 amide bonds. The molecule has 0 saturated carbocycles. The largest absolute Gasteiger partial charge is 0.355 e. The van der Waals surface area contributed by atoms with Crippen LogP contribution in [0.5, 0.6) is 0 Å². The van der Waals surface area contributed by atoms with Gasteiger partial charge in [0.25, 0.3) is 0 Å². The highest BCUT2D eigenvalue weighted by Crippen LogP contribution is 2.22. The Kier molecular flexibility index (Phi) is 3.95. The third kappa shape index (κ3) is 2.87. The summed E-state index contributed by atoms with van der Waals surface area (Å²) in [5, 5.41) is 0. The molecular weight excluding hydrogens is 222 g/mol. The zero-order chi connectivity index (χ0) is 13.0. The molecule has 2 rings (SSSR count). The van der Waals surface area contributed by atoms with Crippen molar-refractivity contribution in [1.82, 2.24) is 4.98 Å². The van der Waals surface area contributed by atoms with Gasteiger partial charge in [0.15, 0.2) is 0 Å². The van der Waals surface area contributed by atoms with E-state index in [4.69, 9.17) is 5.73 Å². The molecule has 1 aromatic heterocycles. The van der Waals surface area contributed by atoms with E-state index < -0.39 is 0 Å². The minimum atomic E-state index is -0.00748. The number of nitrogens with zero attached hydrogens (tertiary/aromatic N) is 2. The SMILES string of the molecule is CC(N)c1cccnc1N(C)Cc1ccccc1. The molecule has 2 aromatic rings. The number of benzene rings is 1. The van der Waals surface area contributed by atoms with Gasteiger partial charge in [-0.2, -0.15) is 0 Å². The van der Waals surface area contributed by atoms with Crippen LogP contribution in [0.3, 0.4) is 0 Å². The molecule has 94 valence electrons. The van der Waals surface area contributed by atoms with Gasteiger partial charge >= 0.3 is 0 Å². The van der Waals surface area contributed by atoms with Crippen molar-refractivity contribution in [3.63, 3.8) is 0 Å². The molecule has 0 spiro atoms. The molecule has 0 fully saturated rings. The van der Waals surface area contributed by atoms with E-state index in [2.05, 4.69) is 22.0 Å². The van der Waals surface area contributed by atoms with Crippen LogP contribution in [0.25, 0.3) is 0 Å². The molecule has 3 heteroatoms. The van der Waals surface area contributed by atoms with Crippen molar-refractivity contribution in [3.8, 4) is 0 Å². The number of rotatable bonds is 4. The number of hydrogen-bond donors (Lipinski definition) is 1. The van der Waals surface area contributed by atoms with Crippen molar-refractivity contribution in [2.24, 2.45) is 5.73 Å². The second-order valence-corrected chi connectivity index (χ2v) is 4.55. The van der Waals surface area contributed by atoms with E-state index >= 15 is 0 Å². The zero-order valence-corrected chi connectivity index (χ0v) is 10.9. The lowest BCUT2D eigenvalue weighted by molar-refractivity contribution is 0.788. The first-order valence-corrected chi connectivity index (χ1v) is 6.14. The predicted molar refractivity (Wildman–Crippen MR) is 75.4 cm³/mol. The Morgan fingerprint density at radius 3 is 2.56 bits per heavy atom. The minimum absolute atomic E-state index is 0.00748. The highest BCUT2D eigenvalue weighted by atomic mass is 15.2. The number of nitrogens with two attached hydrogens (primary N) is 1. The van der Waals surface area contributed by atoms with Crippen LogP contribution in [0.2, 0.25) is 0 Å². The van der Waals surface area contributed by atoms with Gasteiger partial charge in [0.1, 0.15) is 5.82 Å². The second-order valence-electron chi connectivity index (χ2n) is 4.55. The summed E-state index contributed by atoms with van der Waals surface area (Å²) in [4.78, 5) is 6.57. The Morgan fingerprint density at radius 2 is 1.89 bits per heavy atom. The molecule has 0 radical (unpaired) electrons. The van der Waals surface area contributed by atoms with Gasteiger partial charge in [-0.15, -0.1) is 0 Å². The van der Waals surface area contributed by atoms with Gasteiger partial charge in [0, 0.05) is 31.4 Å². The fourth-order valence-corrected chi connectivity index (χ4v) is 2.02. The van der Waals surface area contributed by atoms with Crippen LogP contribution < -0.4 is 10.6 Å². The highest BCUT2D eigenvalue weighted by molar-refractivity contribution is 5.48. The highest BCUT2D eigenvalue weighted by Gasteiger charge is 2.11. The smallest absolute Gasteiger partial charge is 0.133 e. The molecule has 0 aliphatic carbocycles. The number of pyridine rings is 1. The van der Waals surface area contributed by atoms with Gasteiger partial charge in [-0.1, -0.05) is 36.4 Å². The standard InChI is InChI=1S/C15H19N3/c1-12(16)14-9-6-10-17-15(14)18(2)11-13-7-4-3-5-8-13/h3-10,12H,11,16H2,1-2H3. The predicted octanol–water partition coefficient (Wildman–Crippen LogP) is 2.74. The van der Waals surface area contributed by atoms with E-state index in [-0.39, 0.29) is 6.04 Å². The quantitative estimate of drug-likeness (QED) is 0.895. The van der Waals surface area contributed by atoms with Crippen LogP contribution in [0.15, 0.2) is 48.7 Å². The van der Waals surface area contributed by atoms with E-state index in [1.165, 1.54) is 5.56 Å². The Morgan fingerprint density at radius 1 is 1.17 bits per heavy atom. The van der Waals surface area contributed by atoms with E-state index in [9.17, 15) is 0 Å². The van der Waals surface area contributed by atoms with Crippen LogP contribution in [-0.2, 0) is 6.54 Å². The molecule has 0 aliphatic rings. The number of anilines is 1. The topological polar surface area (TPSA) is 42.1 Å². The number of aromatic nitrogens is 1. The summed E-state index contributed by atoms with van der Waals surface area (Å²) in [5.41, 5.74) is 8.32. The van der Waals surface area contributed by atoms with Crippen LogP contribution in [0.4, 0.5) is 5.82 Å². The average Bonchev–Trinajstić information content (AvgIpc) is 2.40. The Labute approximate surface area is 108 Å². The van der Waals surface area contributed by atoms with Gasteiger partial charge in [-0.05, 0) is 18.6 Å². The van der Waals surface area contributed by atoms with E-state index in [0.717, 1.165) is 17.9 Å². The normalized spacial score (nSPS) is 12.2. The van der Waals surface area contributed by atoms with Crippen LogP contribution in [0, 0.1) is 0 Å². The fourth-order valence-electron chi connectivity index (χ4n) is 2.02. The average molecular weight is 241 g/mol. The van der Waals surface area contributed by atoms with Gasteiger partial charge in [0.2, 0.25) is 0 Å². The summed E-state index contributed by atoms with van der Waals surface area (Å²) < 4.78 is 0.